The zero-order chi connectivity index (χ0) is 30.8. The summed E-state index contributed by atoms with van der Waals surface area (Å²) in [6.45, 7) is 5.27. The van der Waals surface area contributed by atoms with E-state index in [2.05, 4.69) is 9.97 Å². The van der Waals surface area contributed by atoms with Crippen LogP contribution in [0.3, 0.4) is 0 Å². The number of carboxylic acids is 2. The van der Waals surface area contributed by atoms with Gasteiger partial charge in [0.2, 0.25) is 0 Å². The molecule has 2 fully saturated rings. The van der Waals surface area contributed by atoms with E-state index in [0.29, 0.717) is 37.9 Å². The maximum Gasteiger partial charge on any atom is 0.490 e. The number of carbonyl (C=O) groups excluding carboxylic acids is 1. The number of likely N-dealkylation sites (tertiary alicyclic amines) is 1. The zero-order valence-electron chi connectivity index (χ0n) is 21.6. The predicted molar refractivity (Wildman–Crippen MR) is 128 cm³/mol. The highest BCUT2D eigenvalue weighted by Crippen LogP contribution is 2.42. The Balaban J connectivity index is 0.000000349. The van der Waals surface area contributed by atoms with Crippen molar-refractivity contribution >= 4 is 17.8 Å². The lowest BCUT2D eigenvalue weighted by Crippen LogP contribution is -2.66. The van der Waals surface area contributed by atoms with E-state index in [1.165, 1.54) is 0 Å². The molecular formula is C25H27F6N3O7. The molecule has 0 saturated carbocycles. The average molecular weight is 595 g/mol. The fourth-order valence-corrected chi connectivity index (χ4v) is 4.00. The van der Waals surface area contributed by atoms with E-state index in [-0.39, 0.29) is 11.5 Å². The molecule has 1 amide bonds. The van der Waals surface area contributed by atoms with Crippen molar-refractivity contribution in [1.29, 1.82) is 0 Å². The van der Waals surface area contributed by atoms with Crippen LogP contribution in [0.1, 0.15) is 34.6 Å². The maximum atomic E-state index is 12.6. The molecule has 0 bridgehead atoms. The number of aliphatic carboxylic acids is 2. The van der Waals surface area contributed by atoms with Crippen LogP contribution in [0.4, 0.5) is 26.3 Å². The molecular weight excluding hydrogens is 568 g/mol. The van der Waals surface area contributed by atoms with Crippen molar-refractivity contribution < 1.29 is 60.4 Å². The molecule has 1 spiro atoms. The Kier molecular flexibility index (Phi) is 11.6. The van der Waals surface area contributed by atoms with Crippen LogP contribution in [0.2, 0.25) is 0 Å². The number of alkyl halides is 6. The number of amides is 1. The standard InChI is InChI=1S/C21H25N3O3.2C2HF3O2/c1-16-3-2-4-19(23-16)20(25)24-14-21(15-24)18(8-12-27-21)7-11-26-13-17-5-9-22-10-6-17;2*3-2(4,5)1(6)7/h2-6,9-10,18H,7-8,11-15H2,1H3;2*(H,6,7). The Morgan fingerprint density at radius 3 is 2.10 bits per heavy atom. The number of nitrogens with zero attached hydrogens (tertiary/aromatic N) is 3. The average Bonchev–Trinajstić information content (AvgIpc) is 3.29. The van der Waals surface area contributed by atoms with E-state index >= 15 is 0 Å². The number of rotatable bonds is 6. The van der Waals surface area contributed by atoms with Gasteiger partial charge in [0.05, 0.1) is 19.7 Å². The molecule has 4 rings (SSSR count). The highest BCUT2D eigenvalue weighted by atomic mass is 19.4. The van der Waals surface area contributed by atoms with Crippen molar-refractivity contribution in [1.82, 2.24) is 14.9 Å². The number of halogens is 6. The van der Waals surface area contributed by atoms with Crippen molar-refractivity contribution in [2.75, 3.05) is 26.3 Å². The molecule has 0 aliphatic carbocycles. The smallest absolute Gasteiger partial charge is 0.475 e. The van der Waals surface area contributed by atoms with E-state index in [1.54, 1.807) is 18.5 Å². The Bertz CT molecular complexity index is 1150. The second-order valence-electron chi connectivity index (χ2n) is 9.03. The Morgan fingerprint density at radius 1 is 1.02 bits per heavy atom. The summed E-state index contributed by atoms with van der Waals surface area (Å²) in [4.78, 5) is 40.6. The molecule has 2 N–H and O–H groups in total. The number of aromatic nitrogens is 2. The first kappa shape index (κ1) is 33.4. The number of carboxylic acid groups (broad SMARTS) is 2. The zero-order valence-corrected chi connectivity index (χ0v) is 21.6. The van der Waals surface area contributed by atoms with Crippen LogP contribution in [0.25, 0.3) is 0 Å². The van der Waals surface area contributed by atoms with Crippen molar-refractivity contribution in [3.05, 3.63) is 59.7 Å². The van der Waals surface area contributed by atoms with E-state index in [0.717, 1.165) is 30.7 Å². The second kappa shape index (κ2) is 14.2. The quantitative estimate of drug-likeness (QED) is 0.376. The molecule has 2 aromatic heterocycles. The Labute approximate surface area is 229 Å². The first-order valence-electron chi connectivity index (χ1n) is 12.0. The fourth-order valence-electron chi connectivity index (χ4n) is 4.00. The van der Waals surface area contributed by atoms with Gasteiger partial charge in [0.25, 0.3) is 5.91 Å². The number of aryl methyl sites for hydroxylation is 1. The lowest BCUT2D eigenvalue weighted by molar-refractivity contribution is -0.193. The molecule has 2 aliphatic rings. The van der Waals surface area contributed by atoms with Crippen molar-refractivity contribution in [2.24, 2.45) is 5.92 Å². The van der Waals surface area contributed by atoms with Crippen molar-refractivity contribution in [3.8, 4) is 0 Å². The summed E-state index contributed by atoms with van der Waals surface area (Å²) in [5, 5.41) is 14.2. The molecule has 41 heavy (non-hydrogen) atoms. The van der Waals surface area contributed by atoms with Gasteiger partial charge in [-0.15, -0.1) is 0 Å². The Hall–Kier alpha value is -3.79. The van der Waals surface area contributed by atoms with Crippen LogP contribution in [-0.2, 0) is 25.7 Å². The summed E-state index contributed by atoms with van der Waals surface area (Å²) in [5.74, 6) is -5.09. The molecule has 1 atom stereocenters. The Morgan fingerprint density at radius 2 is 1.59 bits per heavy atom. The monoisotopic (exact) mass is 595 g/mol. The van der Waals surface area contributed by atoms with E-state index in [4.69, 9.17) is 29.3 Å². The molecule has 2 saturated heterocycles. The van der Waals surface area contributed by atoms with Crippen LogP contribution in [-0.4, -0.2) is 87.2 Å². The minimum absolute atomic E-state index is 0.00693. The number of ether oxygens (including phenoxy) is 2. The van der Waals surface area contributed by atoms with Crippen LogP contribution in [0.15, 0.2) is 42.7 Å². The minimum atomic E-state index is -5.08. The summed E-state index contributed by atoms with van der Waals surface area (Å²) >= 11 is 0. The summed E-state index contributed by atoms with van der Waals surface area (Å²) in [6, 6.07) is 9.49. The molecule has 0 aromatic carbocycles. The molecule has 1 unspecified atom stereocenters. The van der Waals surface area contributed by atoms with Gasteiger partial charge in [0.15, 0.2) is 0 Å². The van der Waals surface area contributed by atoms with Crippen molar-refractivity contribution in [2.45, 2.75) is 44.3 Å². The summed E-state index contributed by atoms with van der Waals surface area (Å²) in [6.07, 6.45) is -4.62. The largest absolute Gasteiger partial charge is 0.490 e. The van der Waals surface area contributed by atoms with Crippen LogP contribution < -0.4 is 0 Å². The number of carbonyl (C=O) groups is 3. The van der Waals surface area contributed by atoms with Crippen LogP contribution in [0.5, 0.6) is 0 Å². The van der Waals surface area contributed by atoms with Crippen LogP contribution in [0, 0.1) is 12.8 Å². The molecule has 16 heteroatoms. The third kappa shape index (κ3) is 10.3. The first-order valence-corrected chi connectivity index (χ1v) is 12.0. The van der Waals surface area contributed by atoms with Gasteiger partial charge in [-0.3, -0.25) is 9.78 Å². The highest BCUT2D eigenvalue weighted by Gasteiger charge is 2.54. The molecule has 10 nitrogen and oxygen atoms in total. The van der Waals surface area contributed by atoms with Gasteiger partial charge >= 0.3 is 24.3 Å². The van der Waals surface area contributed by atoms with Crippen molar-refractivity contribution in [3.63, 3.8) is 0 Å². The van der Waals surface area contributed by atoms with E-state index in [9.17, 15) is 31.1 Å². The lowest BCUT2D eigenvalue weighted by Gasteiger charge is -2.50. The van der Waals surface area contributed by atoms with E-state index < -0.39 is 24.3 Å². The lowest BCUT2D eigenvalue weighted by atomic mass is 9.79. The highest BCUT2D eigenvalue weighted by molar-refractivity contribution is 5.93. The van der Waals surface area contributed by atoms with Gasteiger partial charge in [-0.2, -0.15) is 26.3 Å². The number of hydrogen-bond acceptors (Lipinski definition) is 7. The number of hydrogen-bond donors (Lipinski definition) is 2. The number of pyridine rings is 2. The maximum absolute atomic E-state index is 12.6. The summed E-state index contributed by atoms with van der Waals surface area (Å²) < 4.78 is 75.4. The van der Waals surface area contributed by atoms with Gasteiger partial charge in [0.1, 0.15) is 11.3 Å². The summed E-state index contributed by atoms with van der Waals surface area (Å²) in [7, 11) is 0. The van der Waals surface area contributed by atoms with E-state index in [1.807, 2.05) is 36.1 Å². The van der Waals surface area contributed by atoms with Crippen LogP contribution >= 0.6 is 0 Å². The van der Waals surface area contributed by atoms with Gasteiger partial charge < -0.3 is 24.6 Å². The van der Waals surface area contributed by atoms with Gasteiger partial charge in [-0.1, -0.05) is 6.07 Å². The molecule has 4 heterocycles. The predicted octanol–water partition coefficient (Wildman–Crippen LogP) is 3.89. The molecule has 226 valence electrons. The molecule has 2 aromatic rings. The first-order chi connectivity index (χ1) is 19.0. The van der Waals surface area contributed by atoms with Gasteiger partial charge in [0, 0.05) is 31.3 Å². The topological polar surface area (TPSA) is 139 Å². The normalized spacial score (nSPS) is 17.4. The third-order valence-electron chi connectivity index (χ3n) is 6.03. The van der Waals surface area contributed by atoms with Gasteiger partial charge in [-0.05, 0) is 55.5 Å². The summed E-state index contributed by atoms with van der Waals surface area (Å²) in [5.41, 5.74) is 2.31. The fraction of sp³-hybridized carbons (Fsp3) is 0.480. The third-order valence-corrected chi connectivity index (χ3v) is 6.03. The molecule has 2 aliphatic heterocycles. The minimum Gasteiger partial charge on any atom is -0.475 e. The molecule has 0 radical (unpaired) electrons. The second-order valence-corrected chi connectivity index (χ2v) is 9.03. The SMILES string of the molecule is Cc1cccc(C(=O)N2CC3(C2)OCCC3CCOCc2ccncc2)n1.O=C(O)C(F)(F)F.O=C(O)C(F)(F)F. The van der Waals surface area contributed by atoms with Gasteiger partial charge in [-0.25, -0.2) is 14.6 Å².